The van der Waals surface area contributed by atoms with E-state index in [1.54, 1.807) is 12.3 Å². The van der Waals surface area contributed by atoms with Gasteiger partial charge in [-0.05, 0) is 31.0 Å². The summed E-state index contributed by atoms with van der Waals surface area (Å²) in [6.07, 6.45) is 6.93. The third kappa shape index (κ3) is 3.10. The number of aromatic amines is 1. The fourth-order valence-electron chi connectivity index (χ4n) is 5.06. The first kappa shape index (κ1) is 18.8. The summed E-state index contributed by atoms with van der Waals surface area (Å²) < 4.78 is 11.1. The van der Waals surface area contributed by atoms with Crippen LogP contribution in [0.3, 0.4) is 0 Å². The fraction of sp³-hybridized carbons (Fsp3) is 0.391. The van der Waals surface area contributed by atoms with Gasteiger partial charge in [-0.1, -0.05) is 24.4 Å². The van der Waals surface area contributed by atoms with Crippen LogP contribution in [-0.2, 0) is 17.8 Å². The van der Waals surface area contributed by atoms with Crippen LogP contribution in [-0.4, -0.2) is 34.1 Å². The van der Waals surface area contributed by atoms with Crippen LogP contribution in [0.15, 0.2) is 24.4 Å². The van der Waals surface area contributed by atoms with Crippen LogP contribution in [0.1, 0.15) is 36.9 Å². The van der Waals surface area contributed by atoms with Gasteiger partial charge in [0, 0.05) is 48.3 Å². The number of hydrogen-bond acceptors (Lipinski definition) is 5. The molecule has 1 amide bonds. The van der Waals surface area contributed by atoms with Gasteiger partial charge < -0.3 is 24.7 Å². The molecule has 0 saturated heterocycles. The lowest BCUT2D eigenvalue weighted by Crippen LogP contribution is -2.39. The van der Waals surface area contributed by atoms with Gasteiger partial charge in [-0.3, -0.25) is 4.79 Å². The van der Waals surface area contributed by atoms with Gasteiger partial charge in [0.05, 0.1) is 10.7 Å². The van der Waals surface area contributed by atoms with E-state index in [0.717, 1.165) is 66.6 Å². The molecule has 1 aromatic carbocycles. The second kappa shape index (κ2) is 7.34. The van der Waals surface area contributed by atoms with E-state index >= 15 is 0 Å². The zero-order valence-corrected chi connectivity index (χ0v) is 17.8. The number of rotatable bonds is 3. The lowest BCUT2D eigenvalue weighted by atomic mass is 10.0. The van der Waals surface area contributed by atoms with Crippen LogP contribution in [0.2, 0.25) is 5.02 Å². The van der Waals surface area contributed by atoms with Gasteiger partial charge in [-0.15, -0.1) is 0 Å². The second-order valence-corrected chi connectivity index (χ2v) is 8.84. The zero-order chi connectivity index (χ0) is 20.9. The lowest BCUT2D eigenvalue weighted by molar-refractivity contribution is -0.136. The number of ether oxygens (including phenoxy) is 2. The van der Waals surface area contributed by atoms with Crippen molar-refractivity contribution in [2.45, 2.75) is 38.6 Å². The molecule has 7 nitrogen and oxygen atoms in total. The molecule has 0 bridgehead atoms. The third-order valence-electron chi connectivity index (χ3n) is 6.63. The van der Waals surface area contributed by atoms with Gasteiger partial charge in [0.15, 0.2) is 11.5 Å². The molecule has 0 unspecified atom stereocenters. The van der Waals surface area contributed by atoms with Gasteiger partial charge in [0.2, 0.25) is 12.7 Å². The molecule has 3 aliphatic rings. The normalized spacial score (nSPS) is 17.9. The van der Waals surface area contributed by atoms with Crippen LogP contribution in [0.25, 0.3) is 11.0 Å². The third-order valence-corrected chi connectivity index (χ3v) is 6.95. The van der Waals surface area contributed by atoms with Crippen molar-refractivity contribution in [2.24, 2.45) is 5.92 Å². The smallest absolute Gasteiger partial charge is 0.231 e. The molecule has 6 rings (SSSR count). The van der Waals surface area contributed by atoms with E-state index in [1.807, 2.05) is 17.0 Å². The molecule has 31 heavy (non-hydrogen) atoms. The Labute approximate surface area is 184 Å². The molecule has 160 valence electrons. The number of fused-ring (bicyclic) bond motifs is 4. The van der Waals surface area contributed by atoms with E-state index in [2.05, 4.69) is 15.3 Å². The summed E-state index contributed by atoms with van der Waals surface area (Å²) in [5, 5.41) is 5.00. The summed E-state index contributed by atoms with van der Waals surface area (Å²) in [6.45, 7) is 1.53. The lowest BCUT2D eigenvalue weighted by Gasteiger charge is -2.29. The number of nitrogens with zero attached hydrogens (tertiary/aromatic N) is 2. The first-order chi connectivity index (χ1) is 15.2. The molecule has 0 atom stereocenters. The minimum atomic E-state index is 0.175. The Morgan fingerprint density at radius 1 is 1.23 bits per heavy atom. The molecule has 4 heterocycles. The Morgan fingerprint density at radius 3 is 2.97 bits per heavy atom. The average Bonchev–Trinajstić information content (AvgIpc) is 3.54. The van der Waals surface area contributed by atoms with E-state index in [0.29, 0.717) is 34.7 Å². The standard InChI is InChI=1S/C23H23ClN4O3/c24-15-5-6-18-21(31-12-30-18)20(15)26-17-7-9-25-22-19(17)14-11-28(10-8-16(14)27-22)23(29)13-3-1-2-4-13/h5-7,9,13H,1-4,8,10-12H2,(H2,25,26,27). The number of pyridine rings is 1. The molecule has 8 heteroatoms. The van der Waals surface area contributed by atoms with Crippen molar-refractivity contribution in [3.8, 4) is 11.5 Å². The number of aromatic nitrogens is 2. The molecule has 2 aliphatic heterocycles. The van der Waals surface area contributed by atoms with Crippen LogP contribution in [0.4, 0.5) is 11.4 Å². The number of benzene rings is 1. The van der Waals surface area contributed by atoms with E-state index in [1.165, 1.54) is 0 Å². The summed E-state index contributed by atoms with van der Waals surface area (Å²) in [6, 6.07) is 5.53. The van der Waals surface area contributed by atoms with E-state index in [9.17, 15) is 4.79 Å². The molecular weight excluding hydrogens is 416 g/mol. The predicted molar refractivity (Wildman–Crippen MR) is 118 cm³/mol. The Morgan fingerprint density at radius 2 is 2.10 bits per heavy atom. The number of nitrogens with one attached hydrogen (secondary N) is 2. The van der Waals surface area contributed by atoms with Crippen molar-refractivity contribution in [1.82, 2.24) is 14.9 Å². The first-order valence-corrected chi connectivity index (χ1v) is 11.2. The second-order valence-electron chi connectivity index (χ2n) is 8.44. The van der Waals surface area contributed by atoms with Crippen molar-refractivity contribution in [3.63, 3.8) is 0 Å². The Balaban J connectivity index is 1.38. The Hall–Kier alpha value is -2.93. The van der Waals surface area contributed by atoms with Gasteiger partial charge in [0.25, 0.3) is 0 Å². The number of halogens is 1. The first-order valence-electron chi connectivity index (χ1n) is 10.8. The maximum absolute atomic E-state index is 13.1. The van der Waals surface area contributed by atoms with Crippen molar-refractivity contribution in [1.29, 1.82) is 0 Å². The van der Waals surface area contributed by atoms with Crippen LogP contribution in [0.5, 0.6) is 11.5 Å². The van der Waals surface area contributed by atoms with Crippen molar-refractivity contribution < 1.29 is 14.3 Å². The quantitative estimate of drug-likeness (QED) is 0.616. The van der Waals surface area contributed by atoms with Crippen molar-refractivity contribution >= 4 is 39.9 Å². The highest BCUT2D eigenvalue weighted by Gasteiger charge is 2.31. The topological polar surface area (TPSA) is 79.5 Å². The highest BCUT2D eigenvalue weighted by atomic mass is 35.5. The van der Waals surface area contributed by atoms with E-state index in [-0.39, 0.29) is 12.7 Å². The number of amides is 1. The largest absolute Gasteiger partial charge is 0.454 e. The fourth-order valence-corrected chi connectivity index (χ4v) is 5.25. The van der Waals surface area contributed by atoms with Gasteiger partial charge in [-0.2, -0.15) is 0 Å². The average molecular weight is 439 g/mol. The summed E-state index contributed by atoms with van der Waals surface area (Å²) in [5.41, 5.74) is 4.64. The molecular formula is C23H23ClN4O3. The number of carbonyl (C=O) groups excluding carboxylic acids is 1. The van der Waals surface area contributed by atoms with Crippen LogP contribution < -0.4 is 14.8 Å². The van der Waals surface area contributed by atoms with Crippen LogP contribution >= 0.6 is 11.6 Å². The summed E-state index contributed by atoms with van der Waals surface area (Å²) in [7, 11) is 0. The van der Waals surface area contributed by atoms with Gasteiger partial charge in [0.1, 0.15) is 11.3 Å². The van der Waals surface area contributed by atoms with Crippen LogP contribution in [0, 0.1) is 5.92 Å². The number of carbonyl (C=O) groups is 1. The number of anilines is 2. The summed E-state index contributed by atoms with van der Waals surface area (Å²) >= 11 is 6.49. The highest BCUT2D eigenvalue weighted by molar-refractivity contribution is 6.34. The maximum Gasteiger partial charge on any atom is 0.231 e. The minimum absolute atomic E-state index is 0.175. The molecule has 2 aromatic heterocycles. The van der Waals surface area contributed by atoms with Gasteiger partial charge in [-0.25, -0.2) is 4.98 Å². The number of H-pyrrole nitrogens is 1. The highest BCUT2D eigenvalue weighted by Crippen LogP contribution is 2.46. The van der Waals surface area contributed by atoms with E-state index in [4.69, 9.17) is 21.1 Å². The summed E-state index contributed by atoms with van der Waals surface area (Å²) in [5.74, 6) is 1.76. The Kier molecular flexibility index (Phi) is 4.45. The molecule has 1 saturated carbocycles. The Bertz CT molecular complexity index is 1190. The SMILES string of the molecule is O=C(C1CCCC1)N1CCc2[nH]c3nccc(Nc4c(Cl)ccc5c4OCO5)c3c2C1. The van der Waals surface area contributed by atoms with E-state index < -0.39 is 0 Å². The molecule has 1 aliphatic carbocycles. The molecule has 1 fully saturated rings. The molecule has 3 aromatic rings. The van der Waals surface area contributed by atoms with Crippen molar-refractivity contribution in [3.05, 3.63) is 40.7 Å². The number of hydrogen-bond donors (Lipinski definition) is 2. The van der Waals surface area contributed by atoms with Gasteiger partial charge >= 0.3 is 0 Å². The molecule has 0 spiro atoms. The zero-order valence-electron chi connectivity index (χ0n) is 17.0. The maximum atomic E-state index is 13.1. The monoisotopic (exact) mass is 438 g/mol. The van der Waals surface area contributed by atoms with Crippen molar-refractivity contribution in [2.75, 3.05) is 18.7 Å². The minimum Gasteiger partial charge on any atom is -0.454 e. The molecule has 0 radical (unpaired) electrons. The summed E-state index contributed by atoms with van der Waals surface area (Å²) in [4.78, 5) is 23.1. The molecule has 2 N–H and O–H groups in total. The predicted octanol–water partition coefficient (Wildman–Crippen LogP) is 4.76.